The first-order valence-electron chi connectivity index (χ1n) is 5.94. The van der Waals surface area contributed by atoms with Gasteiger partial charge in [-0.3, -0.25) is 0 Å². The molecule has 2 atom stereocenters. The third-order valence-corrected chi connectivity index (χ3v) is 3.30. The van der Waals surface area contributed by atoms with Gasteiger partial charge in [0.15, 0.2) is 6.17 Å². The fourth-order valence-corrected chi connectivity index (χ4v) is 2.25. The van der Waals surface area contributed by atoms with Gasteiger partial charge in [-0.25, -0.2) is 4.39 Å². The number of alkyl halides is 1. The molecule has 1 aliphatic heterocycles. The minimum atomic E-state index is -1.98. The van der Waals surface area contributed by atoms with E-state index >= 15 is 0 Å². The molecule has 0 aromatic heterocycles. The summed E-state index contributed by atoms with van der Waals surface area (Å²) in [4.78, 5) is 0. The van der Waals surface area contributed by atoms with Gasteiger partial charge in [-0.2, -0.15) is 0 Å². The van der Waals surface area contributed by atoms with E-state index in [9.17, 15) is 9.50 Å². The monoisotopic (exact) mass is 260 g/mol. The lowest BCUT2D eigenvalue weighted by Crippen LogP contribution is -2.32. The van der Waals surface area contributed by atoms with E-state index in [-0.39, 0.29) is 0 Å². The zero-order valence-electron chi connectivity index (χ0n) is 10.3. The minimum absolute atomic E-state index is 0.358. The molecule has 3 nitrogen and oxygen atoms in total. The Labute approximate surface area is 110 Å². The standard InChI is InChI=1S/C15H13FO3/c1-18-11-8-6-10(7-9-11)15(17)14(16)12-4-2-3-5-13(12)19-15/h2-9,14,17H,1H3. The average molecular weight is 260 g/mol. The van der Waals surface area contributed by atoms with Crippen LogP contribution in [0.25, 0.3) is 0 Å². The van der Waals surface area contributed by atoms with Gasteiger partial charge in [0, 0.05) is 11.1 Å². The van der Waals surface area contributed by atoms with Crippen molar-refractivity contribution in [2.75, 3.05) is 7.11 Å². The number of aliphatic hydroxyl groups is 1. The first kappa shape index (κ1) is 12.0. The maximum absolute atomic E-state index is 14.4. The highest BCUT2D eigenvalue weighted by atomic mass is 19.1. The van der Waals surface area contributed by atoms with Gasteiger partial charge in [-0.15, -0.1) is 0 Å². The lowest BCUT2D eigenvalue weighted by molar-refractivity contribution is -0.176. The summed E-state index contributed by atoms with van der Waals surface area (Å²) in [6.45, 7) is 0. The van der Waals surface area contributed by atoms with Crippen molar-refractivity contribution >= 4 is 0 Å². The molecule has 0 fully saturated rings. The van der Waals surface area contributed by atoms with Gasteiger partial charge in [-0.1, -0.05) is 18.2 Å². The van der Waals surface area contributed by atoms with Crippen molar-refractivity contribution in [3.8, 4) is 11.5 Å². The highest BCUT2D eigenvalue weighted by Gasteiger charge is 2.49. The first-order chi connectivity index (χ1) is 9.15. The largest absolute Gasteiger partial charge is 0.497 e. The summed E-state index contributed by atoms with van der Waals surface area (Å²) in [6, 6.07) is 13.2. The predicted octanol–water partition coefficient (Wildman–Crippen LogP) is 2.94. The number of hydrogen-bond acceptors (Lipinski definition) is 3. The summed E-state index contributed by atoms with van der Waals surface area (Å²) in [5.74, 6) is -0.970. The van der Waals surface area contributed by atoms with Crippen LogP contribution in [0, 0.1) is 0 Å². The van der Waals surface area contributed by atoms with Gasteiger partial charge in [0.1, 0.15) is 11.5 Å². The Morgan fingerprint density at radius 2 is 1.84 bits per heavy atom. The Bertz CT molecular complexity index is 597. The number of rotatable bonds is 2. The van der Waals surface area contributed by atoms with Crippen LogP contribution in [0.2, 0.25) is 0 Å². The van der Waals surface area contributed by atoms with Crippen molar-refractivity contribution in [2.45, 2.75) is 12.0 Å². The lowest BCUT2D eigenvalue weighted by atomic mass is 9.98. The molecule has 4 heteroatoms. The quantitative estimate of drug-likeness (QED) is 0.902. The minimum Gasteiger partial charge on any atom is -0.497 e. The number of para-hydroxylation sites is 1. The molecule has 0 radical (unpaired) electrons. The van der Waals surface area contributed by atoms with E-state index in [2.05, 4.69) is 0 Å². The molecule has 98 valence electrons. The predicted molar refractivity (Wildman–Crippen MR) is 67.8 cm³/mol. The Kier molecular flexibility index (Phi) is 2.68. The number of benzene rings is 2. The van der Waals surface area contributed by atoms with Crippen LogP contribution in [0.5, 0.6) is 11.5 Å². The number of hydrogen-bond donors (Lipinski definition) is 1. The number of methoxy groups -OCH3 is 1. The summed E-state index contributed by atoms with van der Waals surface area (Å²) >= 11 is 0. The number of fused-ring (bicyclic) bond motifs is 1. The molecule has 2 aromatic rings. The maximum atomic E-state index is 14.4. The molecule has 2 unspecified atom stereocenters. The van der Waals surface area contributed by atoms with E-state index in [1.807, 2.05) is 0 Å². The Balaban J connectivity index is 2.01. The van der Waals surface area contributed by atoms with Crippen molar-refractivity contribution in [3.05, 3.63) is 59.7 Å². The molecule has 2 aromatic carbocycles. The molecule has 0 spiro atoms. The van der Waals surface area contributed by atoms with Crippen LogP contribution in [0.4, 0.5) is 4.39 Å². The SMILES string of the molecule is COc1ccc(C2(O)Oc3ccccc3C2F)cc1. The van der Waals surface area contributed by atoms with E-state index in [0.717, 1.165) is 0 Å². The fourth-order valence-electron chi connectivity index (χ4n) is 2.25. The normalized spacial score (nSPS) is 24.7. The Morgan fingerprint density at radius 3 is 2.47 bits per heavy atom. The van der Waals surface area contributed by atoms with Crippen molar-refractivity contribution in [1.29, 1.82) is 0 Å². The van der Waals surface area contributed by atoms with E-state index in [1.54, 1.807) is 55.6 Å². The van der Waals surface area contributed by atoms with Crippen LogP contribution in [0.15, 0.2) is 48.5 Å². The second-order valence-corrected chi connectivity index (χ2v) is 4.43. The van der Waals surface area contributed by atoms with E-state index < -0.39 is 12.0 Å². The van der Waals surface area contributed by atoms with Crippen LogP contribution >= 0.6 is 0 Å². The van der Waals surface area contributed by atoms with Crippen LogP contribution < -0.4 is 9.47 Å². The average Bonchev–Trinajstić information content (AvgIpc) is 2.72. The van der Waals surface area contributed by atoms with Gasteiger partial charge in [-0.05, 0) is 30.3 Å². The summed E-state index contributed by atoms with van der Waals surface area (Å²) in [6.07, 6.45) is -1.61. The molecule has 0 amide bonds. The van der Waals surface area contributed by atoms with Crippen LogP contribution in [0.1, 0.15) is 17.3 Å². The van der Waals surface area contributed by atoms with Gasteiger partial charge in [0.25, 0.3) is 5.79 Å². The van der Waals surface area contributed by atoms with Crippen LogP contribution in [-0.4, -0.2) is 12.2 Å². The molecule has 0 saturated heterocycles. The summed E-state index contributed by atoms with van der Waals surface area (Å²) in [5, 5.41) is 10.5. The van der Waals surface area contributed by atoms with E-state index in [4.69, 9.17) is 9.47 Å². The summed E-state index contributed by atoms with van der Waals surface area (Å²) < 4.78 is 24.9. The highest BCUT2D eigenvalue weighted by molar-refractivity contribution is 5.44. The highest BCUT2D eigenvalue weighted by Crippen LogP contribution is 2.49. The topological polar surface area (TPSA) is 38.7 Å². The second-order valence-electron chi connectivity index (χ2n) is 4.43. The van der Waals surface area contributed by atoms with Crippen LogP contribution in [-0.2, 0) is 5.79 Å². The number of halogens is 1. The molecular weight excluding hydrogens is 247 g/mol. The van der Waals surface area contributed by atoms with Gasteiger partial charge < -0.3 is 14.6 Å². The third kappa shape index (κ3) is 1.76. The fraction of sp³-hybridized carbons (Fsp3) is 0.200. The van der Waals surface area contributed by atoms with Gasteiger partial charge in [0.05, 0.1) is 7.11 Å². The van der Waals surface area contributed by atoms with Crippen LogP contribution in [0.3, 0.4) is 0 Å². The molecule has 19 heavy (non-hydrogen) atoms. The second kappa shape index (κ2) is 4.24. The Hall–Kier alpha value is -2.07. The Morgan fingerprint density at radius 1 is 1.16 bits per heavy atom. The van der Waals surface area contributed by atoms with E-state index in [0.29, 0.717) is 22.6 Å². The van der Waals surface area contributed by atoms with Gasteiger partial charge in [0.2, 0.25) is 0 Å². The molecule has 1 N–H and O–H groups in total. The maximum Gasteiger partial charge on any atom is 0.270 e. The van der Waals surface area contributed by atoms with Gasteiger partial charge >= 0.3 is 0 Å². The molecule has 0 saturated carbocycles. The molecule has 1 aliphatic rings. The molecule has 1 heterocycles. The van der Waals surface area contributed by atoms with Crippen molar-refractivity contribution in [1.82, 2.24) is 0 Å². The first-order valence-corrected chi connectivity index (χ1v) is 5.94. The zero-order valence-corrected chi connectivity index (χ0v) is 10.3. The molecular formula is C15H13FO3. The third-order valence-electron chi connectivity index (χ3n) is 3.30. The lowest BCUT2D eigenvalue weighted by Gasteiger charge is -2.25. The van der Waals surface area contributed by atoms with Crippen molar-refractivity contribution in [2.24, 2.45) is 0 Å². The van der Waals surface area contributed by atoms with E-state index in [1.165, 1.54) is 0 Å². The van der Waals surface area contributed by atoms with Crippen molar-refractivity contribution < 1.29 is 19.0 Å². The smallest absolute Gasteiger partial charge is 0.270 e. The zero-order chi connectivity index (χ0) is 13.5. The summed E-state index contributed by atoms with van der Waals surface area (Å²) in [7, 11) is 1.55. The molecule has 3 rings (SSSR count). The molecule has 0 bridgehead atoms. The van der Waals surface area contributed by atoms with Crippen molar-refractivity contribution in [3.63, 3.8) is 0 Å². The number of ether oxygens (including phenoxy) is 2. The summed E-state index contributed by atoms with van der Waals surface area (Å²) in [5.41, 5.74) is 0.720. The molecule has 0 aliphatic carbocycles.